The third-order valence-corrected chi connectivity index (χ3v) is 2.04. The Kier molecular flexibility index (Phi) is 1.81. The summed E-state index contributed by atoms with van der Waals surface area (Å²) in [5.74, 6) is 0. The van der Waals surface area contributed by atoms with Crippen LogP contribution in [0.1, 0.15) is 0 Å². The Balaban J connectivity index is 2.85. The van der Waals surface area contributed by atoms with Crippen LogP contribution in [0.5, 0.6) is 6.01 Å². The molecule has 5 nitrogen and oxygen atoms in total. The zero-order chi connectivity index (χ0) is 9.42. The van der Waals surface area contributed by atoms with E-state index in [-0.39, 0.29) is 0 Å². The molecule has 68 valence electrons. The van der Waals surface area contributed by atoms with Crippen molar-refractivity contribution in [3.63, 3.8) is 0 Å². The Morgan fingerprint density at radius 1 is 1.46 bits per heavy atom. The van der Waals surface area contributed by atoms with Gasteiger partial charge in [0, 0.05) is 7.05 Å². The van der Waals surface area contributed by atoms with Crippen LogP contribution in [-0.2, 0) is 7.05 Å². The zero-order valence-electron chi connectivity index (χ0n) is 7.15. The molecule has 13 heavy (non-hydrogen) atoms. The molecule has 2 heterocycles. The second-order valence-electron chi connectivity index (χ2n) is 2.49. The quantitative estimate of drug-likeness (QED) is 0.643. The lowest BCUT2D eigenvalue weighted by molar-refractivity contribution is 0.368. The van der Waals surface area contributed by atoms with Gasteiger partial charge in [0.25, 0.3) is 6.01 Å². The Hall–Kier alpha value is -1.36. The van der Waals surface area contributed by atoms with E-state index in [2.05, 4.69) is 15.0 Å². The molecule has 0 radical (unpaired) electrons. The minimum Gasteiger partial charge on any atom is -0.468 e. The van der Waals surface area contributed by atoms with Crippen molar-refractivity contribution in [2.24, 2.45) is 7.05 Å². The van der Waals surface area contributed by atoms with Gasteiger partial charge in [0.15, 0.2) is 10.8 Å². The molecule has 0 aliphatic rings. The molecule has 0 N–H and O–H groups in total. The second kappa shape index (κ2) is 2.85. The smallest absolute Gasteiger partial charge is 0.298 e. The van der Waals surface area contributed by atoms with Crippen LogP contribution in [-0.4, -0.2) is 26.6 Å². The fourth-order valence-electron chi connectivity index (χ4n) is 1.16. The van der Waals surface area contributed by atoms with Crippen molar-refractivity contribution in [1.29, 1.82) is 0 Å². The summed E-state index contributed by atoms with van der Waals surface area (Å²) in [4.78, 5) is 11.9. The van der Waals surface area contributed by atoms with Gasteiger partial charge in [-0.1, -0.05) is 11.6 Å². The molecule has 0 aliphatic carbocycles. The third kappa shape index (κ3) is 1.12. The van der Waals surface area contributed by atoms with Crippen LogP contribution < -0.4 is 4.74 Å². The largest absolute Gasteiger partial charge is 0.468 e. The van der Waals surface area contributed by atoms with Crippen LogP contribution in [0.2, 0.25) is 5.15 Å². The molecule has 0 bridgehead atoms. The van der Waals surface area contributed by atoms with E-state index in [1.807, 2.05) is 0 Å². The Bertz CT molecular complexity index is 453. The number of aryl methyl sites for hydroxylation is 1. The summed E-state index contributed by atoms with van der Waals surface area (Å²) in [7, 11) is 3.34. The molecule has 0 aromatic carbocycles. The SMILES string of the molecule is COc1nc2ncnc(Cl)c2n1C. The molecule has 6 heteroatoms. The lowest BCUT2D eigenvalue weighted by atomic mass is 10.5. The Morgan fingerprint density at radius 3 is 2.85 bits per heavy atom. The van der Waals surface area contributed by atoms with Crippen molar-refractivity contribution in [3.8, 4) is 6.01 Å². The van der Waals surface area contributed by atoms with Gasteiger partial charge in [-0.05, 0) is 0 Å². The van der Waals surface area contributed by atoms with Gasteiger partial charge in [-0.25, -0.2) is 9.97 Å². The molecule has 0 unspecified atom stereocenters. The van der Waals surface area contributed by atoms with Crippen molar-refractivity contribution >= 4 is 22.8 Å². The fourth-order valence-corrected chi connectivity index (χ4v) is 1.42. The van der Waals surface area contributed by atoms with Crippen LogP contribution >= 0.6 is 11.6 Å². The van der Waals surface area contributed by atoms with Gasteiger partial charge in [0.05, 0.1) is 7.11 Å². The molecular weight excluding hydrogens is 192 g/mol. The molecule has 2 aromatic heterocycles. The first-order valence-corrected chi connectivity index (χ1v) is 3.98. The van der Waals surface area contributed by atoms with Crippen molar-refractivity contribution in [3.05, 3.63) is 11.5 Å². The molecule has 2 aromatic rings. The van der Waals surface area contributed by atoms with E-state index in [0.29, 0.717) is 22.3 Å². The topological polar surface area (TPSA) is 52.8 Å². The molecule has 0 saturated carbocycles. The average Bonchev–Trinajstić information content (AvgIpc) is 2.44. The summed E-state index contributed by atoms with van der Waals surface area (Å²) in [5, 5.41) is 0.378. The number of fused-ring (bicyclic) bond motifs is 1. The van der Waals surface area contributed by atoms with Crippen molar-refractivity contribution in [2.75, 3.05) is 7.11 Å². The summed E-state index contributed by atoms with van der Waals surface area (Å²) in [5.41, 5.74) is 1.22. The highest BCUT2D eigenvalue weighted by atomic mass is 35.5. The number of imidazole rings is 1. The maximum atomic E-state index is 5.87. The third-order valence-electron chi connectivity index (χ3n) is 1.76. The highest BCUT2D eigenvalue weighted by Gasteiger charge is 2.11. The summed E-state index contributed by atoms with van der Waals surface area (Å²) < 4.78 is 6.72. The van der Waals surface area contributed by atoms with E-state index < -0.39 is 0 Å². The second-order valence-corrected chi connectivity index (χ2v) is 2.85. The Labute approximate surface area is 79.3 Å². The van der Waals surface area contributed by atoms with Gasteiger partial charge in [0.1, 0.15) is 11.8 Å². The minimum absolute atomic E-state index is 0.378. The maximum Gasteiger partial charge on any atom is 0.298 e. The number of hydrogen-bond donors (Lipinski definition) is 0. The van der Waals surface area contributed by atoms with Gasteiger partial charge in [0.2, 0.25) is 0 Å². The van der Waals surface area contributed by atoms with Gasteiger partial charge in [-0.3, -0.25) is 4.57 Å². The number of methoxy groups -OCH3 is 1. The molecule has 0 aliphatic heterocycles. The predicted molar refractivity (Wildman–Crippen MR) is 47.9 cm³/mol. The van der Waals surface area contributed by atoms with Gasteiger partial charge < -0.3 is 4.74 Å². The van der Waals surface area contributed by atoms with E-state index in [1.165, 1.54) is 6.33 Å². The highest BCUT2D eigenvalue weighted by Crippen LogP contribution is 2.22. The summed E-state index contributed by atoms with van der Waals surface area (Å²) in [6.07, 6.45) is 1.37. The zero-order valence-corrected chi connectivity index (χ0v) is 7.91. The lowest BCUT2D eigenvalue weighted by Crippen LogP contribution is -1.94. The normalized spacial score (nSPS) is 10.7. The minimum atomic E-state index is 0.378. The summed E-state index contributed by atoms with van der Waals surface area (Å²) in [6.45, 7) is 0. The predicted octanol–water partition coefficient (Wildman–Crippen LogP) is 1.03. The number of hydrogen-bond acceptors (Lipinski definition) is 4. The van der Waals surface area contributed by atoms with E-state index in [4.69, 9.17) is 16.3 Å². The number of ether oxygens (including phenoxy) is 1. The molecule has 0 amide bonds. The van der Waals surface area contributed by atoms with Gasteiger partial charge in [-0.2, -0.15) is 4.98 Å². The summed E-state index contributed by atoms with van der Waals surface area (Å²) in [6, 6.07) is 0.470. The van der Waals surface area contributed by atoms with Crippen LogP contribution in [0, 0.1) is 0 Å². The summed E-state index contributed by atoms with van der Waals surface area (Å²) >= 11 is 5.87. The van der Waals surface area contributed by atoms with Gasteiger partial charge >= 0.3 is 0 Å². The molecule has 0 atom stereocenters. The highest BCUT2D eigenvalue weighted by molar-refractivity contribution is 6.33. The number of rotatable bonds is 1. The molecular formula is C7H7ClN4O. The van der Waals surface area contributed by atoms with Crippen molar-refractivity contribution < 1.29 is 4.74 Å². The first-order chi connectivity index (χ1) is 6.24. The van der Waals surface area contributed by atoms with Crippen LogP contribution in [0.4, 0.5) is 0 Å². The molecule has 2 rings (SSSR count). The number of nitrogens with zero attached hydrogens (tertiary/aromatic N) is 4. The number of halogens is 1. The molecule has 0 spiro atoms. The Morgan fingerprint density at radius 2 is 2.23 bits per heavy atom. The first kappa shape index (κ1) is 8.25. The van der Waals surface area contributed by atoms with Crippen molar-refractivity contribution in [2.45, 2.75) is 0 Å². The van der Waals surface area contributed by atoms with Gasteiger partial charge in [-0.15, -0.1) is 0 Å². The van der Waals surface area contributed by atoms with Crippen LogP contribution in [0.25, 0.3) is 11.2 Å². The van der Waals surface area contributed by atoms with E-state index in [1.54, 1.807) is 18.7 Å². The lowest BCUT2D eigenvalue weighted by Gasteiger charge is -1.98. The van der Waals surface area contributed by atoms with Crippen molar-refractivity contribution in [1.82, 2.24) is 19.5 Å². The standard InChI is InChI=1S/C7H7ClN4O/c1-12-4-5(8)9-3-10-6(4)11-7(12)13-2/h3H,1-2H3. The average molecular weight is 199 g/mol. The molecule has 0 fully saturated rings. The molecule has 0 saturated heterocycles. The van der Waals surface area contributed by atoms with E-state index in [9.17, 15) is 0 Å². The van der Waals surface area contributed by atoms with E-state index >= 15 is 0 Å². The fraction of sp³-hybridized carbons (Fsp3) is 0.286. The maximum absolute atomic E-state index is 5.87. The number of aromatic nitrogens is 4. The van der Waals surface area contributed by atoms with E-state index in [0.717, 1.165) is 0 Å². The van der Waals surface area contributed by atoms with Crippen LogP contribution in [0.15, 0.2) is 6.33 Å². The van der Waals surface area contributed by atoms with Crippen LogP contribution in [0.3, 0.4) is 0 Å². The first-order valence-electron chi connectivity index (χ1n) is 3.61. The monoisotopic (exact) mass is 198 g/mol.